The van der Waals surface area contributed by atoms with Crippen LogP contribution in [-0.4, -0.2) is 30.4 Å². The fourth-order valence-electron chi connectivity index (χ4n) is 2.78. The molecule has 0 aliphatic carbocycles. The molecule has 6 nitrogen and oxygen atoms in total. The van der Waals surface area contributed by atoms with E-state index in [0.717, 1.165) is 16.3 Å². The predicted molar refractivity (Wildman–Crippen MR) is 98.1 cm³/mol. The Balaban J connectivity index is 1.50. The number of benzene rings is 3. The third-order valence-corrected chi connectivity index (χ3v) is 4.05. The number of nitrogens with zero attached hydrogens (tertiary/aromatic N) is 1. The van der Waals surface area contributed by atoms with E-state index in [1.807, 2.05) is 30.3 Å². The molecule has 0 radical (unpaired) electrons. The van der Waals surface area contributed by atoms with Crippen molar-refractivity contribution >= 4 is 22.9 Å². The first-order valence-electron chi connectivity index (χ1n) is 8.15. The van der Waals surface area contributed by atoms with E-state index >= 15 is 0 Å². The van der Waals surface area contributed by atoms with Crippen LogP contribution < -0.4 is 14.9 Å². The van der Waals surface area contributed by atoms with Gasteiger partial charge in [0.15, 0.2) is 11.5 Å². The van der Waals surface area contributed by atoms with Gasteiger partial charge in [-0.3, -0.25) is 4.79 Å². The third kappa shape index (κ3) is 3.17. The molecule has 0 saturated carbocycles. The Morgan fingerprint density at radius 1 is 1.00 bits per heavy atom. The van der Waals surface area contributed by atoms with Gasteiger partial charge in [-0.1, -0.05) is 24.3 Å². The Bertz CT molecular complexity index is 1010. The molecule has 0 atom stereocenters. The van der Waals surface area contributed by atoms with Crippen molar-refractivity contribution in [3.63, 3.8) is 0 Å². The number of hydrogen-bond donors (Lipinski definition) is 2. The molecule has 1 aliphatic heterocycles. The second-order valence-corrected chi connectivity index (χ2v) is 5.82. The zero-order valence-electron chi connectivity index (χ0n) is 13.8. The normalized spacial score (nSPS) is 13.1. The molecule has 1 amide bonds. The second-order valence-electron chi connectivity index (χ2n) is 5.82. The molecule has 2 N–H and O–H groups in total. The SMILES string of the molecule is O=C(NN=Cc1ccc2c(c1)OCCO2)c1cc2ccccc2cc1O. The molecule has 4 rings (SSSR count). The summed E-state index contributed by atoms with van der Waals surface area (Å²) in [5.41, 5.74) is 3.36. The fourth-order valence-corrected chi connectivity index (χ4v) is 2.78. The van der Waals surface area contributed by atoms with Crippen molar-refractivity contribution < 1.29 is 19.4 Å². The summed E-state index contributed by atoms with van der Waals surface area (Å²) in [5, 5.41) is 15.8. The van der Waals surface area contributed by atoms with Crippen molar-refractivity contribution in [1.29, 1.82) is 0 Å². The zero-order chi connectivity index (χ0) is 17.9. The predicted octanol–water partition coefficient (Wildman–Crippen LogP) is 3.08. The van der Waals surface area contributed by atoms with Crippen LogP contribution in [-0.2, 0) is 0 Å². The summed E-state index contributed by atoms with van der Waals surface area (Å²) < 4.78 is 11.0. The van der Waals surface area contributed by atoms with Gasteiger partial charge in [0.05, 0.1) is 11.8 Å². The summed E-state index contributed by atoms with van der Waals surface area (Å²) >= 11 is 0. The van der Waals surface area contributed by atoms with Gasteiger partial charge in [-0.2, -0.15) is 5.10 Å². The number of aromatic hydroxyl groups is 1. The topological polar surface area (TPSA) is 80.2 Å². The summed E-state index contributed by atoms with van der Waals surface area (Å²) in [5.74, 6) is 0.773. The van der Waals surface area contributed by atoms with Crippen LogP contribution in [0.2, 0.25) is 0 Å². The van der Waals surface area contributed by atoms with Gasteiger partial charge in [0.25, 0.3) is 5.91 Å². The summed E-state index contributed by atoms with van der Waals surface area (Å²) in [6, 6.07) is 16.1. The van der Waals surface area contributed by atoms with Crippen LogP contribution in [0.25, 0.3) is 10.8 Å². The van der Waals surface area contributed by atoms with Gasteiger partial charge in [-0.15, -0.1) is 0 Å². The fraction of sp³-hybridized carbons (Fsp3) is 0.100. The van der Waals surface area contributed by atoms with E-state index in [0.29, 0.717) is 24.7 Å². The van der Waals surface area contributed by atoms with E-state index in [9.17, 15) is 9.90 Å². The molecule has 130 valence electrons. The average Bonchev–Trinajstić information content (AvgIpc) is 2.67. The first kappa shape index (κ1) is 16.0. The van der Waals surface area contributed by atoms with Gasteiger partial charge >= 0.3 is 0 Å². The van der Waals surface area contributed by atoms with Crippen molar-refractivity contribution in [1.82, 2.24) is 5.43 Å². The lowest BCUT2D eigenvalue weighted by atomic mass is 10.1. The summed E-state index contributed by atoms with van der Waals surface area (Å²) in [6.07, 6.45) is 1.51. The number of rotatable bonds is 3. The number of amides is 1. The number of carbonyl (C=O) groups is 1. The highest BCUT2D eigenvalue weighted by Gasteiger charge is 2.13. The lowest BCUT2D eigenvalue weighted by molar-refractivity contribution is 0.0952. The number of phenols is 1. The molecular formula is C20H16N2O4. The maximum Gasteiger partial charge on any atom is 0.275 e. The molecule has 0 saturated heterocycles. The van der Waals surface area contributed by atoms with Crippen molar-refractivity contribution in [3.05, 3.63) is 65.7 Å². The van der Waals surface area contributed by atoms with Crippen LogP contribution >= 0.6 is 0 Å². The maximum atomic E-state index is 12.3. The molecule has 0 fully saturated rings. The minimum Gasteiger partial charge on any atom is -0.507 e. The van der Waals surface area contributed by atoms with E-state index in [-0.39, 0.29) is 11.3 Å². The summed E-state index contributed by atoms with van der Waals surface area (Å²) in [4.78, 5) is 12.3. The molecule has 3 aromatic carbocycles. The Morgan fingerprint density at radius 2 is 1.73 bits per heavy atom. The Morgan fingerprint density at radius 3 is 2.54 bits per heavy atom. The smallest absolute Gasteiger partial charge is 0.275 e. The molecule has 0 aromatic heterocycles. The van der Waals surface area contributed by atoms with Crippen molar-refractivity contribution in [2.75, 3.05) is 13.2 Å². The van der Waals surface area contributed by atoms with E-state index < -0.39 is 5.91 Å². The molecule has 1 heterocycles. The van der Waals surface area contributed by atoms with Gasteiger partial charge in [0, 0.05) is 0 Å². The van der Waals surface area contributed by atoms with Crippen LogP contribution in [0.3, 0.4) is 0 Å². The van der Waals surface area contributed by atoms with Crippen LogP contribution in [0.4, 0.5) is 0 Å². The van der Waals surface area contributed by atoms with Crippen molar-refractivity contribution in [3.8, 4) is 17.2 Å². The Labute approximate surface area is 149 Å². The lowest BCUT2D eigenvalue weighted by Crippen LogP contribution is -2.18. The summed E-state index contributed by atoms with van der Waals surface area (Å²) in [7, 11) is 0. The van der Waals surface area contributed by atoms with Crippen LogP contribution in [0.1, 0.15) is 15.9 Å². The number of carbonyl (C=O) groups excluding carboxylic acids is 1. The first-order valence-corrected chi connectivity index (χ1v) is 8.15. The van der Waals surface area contributed by atoms with Gasteiger partial charge in [-0.25, -0.2) is 5.43 Å². The number of phenolic OH excluding ortho intramolecular Hbond substituents is 1. The van der Waals surface area contributed by atoms with E-state index in [1.165, 1.54) is 6.21 Å². The summed E-state index contributed by atoms with van der Waals surface area (Å²) in [6.45, 7) is 1.04. The van der Waals surface area contributed by atoms with E-state index in [2.05, 4.69) is 10.5 Å². The lowest BCUT2D eigenvalue weighted by Gasteiger charge is -2.18. The highest BCUT2D eigenvalue weighted by molar-refractivity contribution is 6.01. The van der Waals surface area contributed by atoms with Crippen LogP contribution in [0.5, 0.6) is 17.2 Å². The van der Waals surface area contributed by atoms with Crippen LogP contribution in [0, 0.1) is 0 Å². The molecule has 1 aliphatic rings. The Kier molecular flexibility index (Phi) is 4.15. The second kappa shape index (κ2) is 6.76. The van der Waals surface area contributed by atoms with E-state index in [1.54, 1.807) is 24.3 Å². The minimum absolute atomic E-state index is 0.0873. The highest BCUT2D eigenvalue weighted by atomic mass is 16.6. The number of fused-ring (bicyclic) bond motifs is 2. The number of nitrogens with one attached hydrogen (secondary N) is 1. The zero-order valence-corrected chi connectivity index (χ0v) is 13.8. The molecule has 0 bridgehead atoms. The van der Waals surface area contributed by atoms with Crippen molar-refractivity contribution in [2.45, 2.75) is 0 Å². The first-order chi connectivity index (χ1) is 12.7. The minimum atomic E-state index is -0.484. The molecule has 26 heavy (non-hydrogen) atoms. The number of ether oxygens (including phenoxy) is 2. The van der Waals surface area contributed by atoms with E-state index in [4.69, 9.17) is 9.47 Å². The average molecular weight is 348 g/mol. The number of hydrazone groups is 1. The van der Waals surface area contributed by atoms with Crippen LogP contribution in [0.15, 0.2) is 59.7 Å². The largest absolute Gasteiger partial charge is 0.507 e. The van der Waals surface area contributed by atoms with Gasteiger partial charge in [-0.05, 0) is 46.7 Å². The number of hydrogen-bond acceptors (Lipinski definition) is 5. The quantitative estimate of drug-likeness (QED) is 0.563. The standard InChI is InChI=1S/C20H16N2O4/c23-17-11-15-4-2-1-3-14(15)10-16(17)20(24)22-21-12-13-5-6-18-19(9-13)26-8-7-25-18/h1-6,9-12,23H,7-8H2,(H,22,24). The van der Waals surface area contributed by atoms with Gasteiger partial charge in [0.2, 0.25) is 0 Å². The Hall–Kier alpha value is -3.54. The van der Waals surface area contributed by atoms with Crippen molar-refractivity contribution in [2.24, 2.45) is 5.10 Å². The highest BCUT2D eigenvalue weighted by Crippen LogP contribution is 2.30. The molecule has 0 unspecified atom stereocenters. The molecule has 6 heteroatoms. The third-order valence-electron chi connectivity index (χ3n) is 4.05. The van der Waals surface area contributed by atoms with Gasteiger partial charge < -0.3 is 14.6 Å². The monoisotopic (exact) mass is 348 g/mol. The molecule has 3 aromatic rings. The maximum absolute atomic E-state index is 12.3. The van der Waals surface area contributed by atoms with Gasteiger partial charge in [0.1, 0.15) is 19.0 Å². The molecular weight excluding hydrogens is 332 g/mol. The molecule has 0 spiro atoms.